The minimum Gasteiger partial charge on any atom is -0.292 e. The van der Waals surface area contributed by atoms with Crippen molar-refractivity contribution in [2.75, 3.05) is 5.43 Å². The molecule has 0 saturated heterocycles. The van der Waals surface area contributed by atoms with Crippen LogP contribution in [0.1, 0.15) is 6.42 Å². The van der Waals surface area contributed by atoms with Gasteiger partial charge in [0.15, 0.2) is 0 Å². The van der Waals surface area contributed by atoms with E-state index in [4.69, 9.17) is 17.4 Å². The van der Waals surface area contributed by atoms with Crippen LogP contribution in [0.5, 0.6) is 0 Å². The van der Waals surface area contributed by atoms with E-state index in [-0.39, 0.29) is 5.95 Å². The topological polar surface area (TPSA) is 85.8 Å². The standard InChI is InChI=1S/C9H8ClN5O.C7H6/c10-6-2-1-3-7(4-6)15-5-12-8(14-11)13-9(15)16;1-2-7-4-3-6(1)5-7/h1-5H,11H2,(H,13,14,16);1-4H,5H2. The Labute approximate surface area is 137 Å². The van der Waals surface area contributed by atoms with Gasteiger partial charge in [0, 0.05) is 5.02 Å². The molecule has 2 aromatic rings. The van der Waals surface area contributed by atoms with Crippen LogP contribution < -0.4 is 17.0 Å². The maximum atomic E-state index is 11.6. The molecule has 1 heterocycles. The Morgan fingerprint density at radius 3 is 2.43 bits per heavy atom. The van der Waals surface area contributed by atoms with Crippen molar-refractivity contribution < 1.29 is 0 Å². The molecule has 116 valence electrons. The summed E-state index contributed by atoms with van der Waals surface area (Å²) in [7, 11) is 0. The molecule has 7 heteroatoms. The molecule has 1 aromatic carbocycles. The van der Waals surface area contributed by atoms with Gasteiger partial charge < -0.3 is 0 Å². The molecule has 1 aromatic heterocycles. The van der Waals surface area contributed by atoms with E-state index in [1.165, 1.54) is 28.5 Å². The van der Waals surface area contributed by atoms with Gasteiger partial charge in [-0.1, -0.05) is 42.0 Å². The van der Waals surface area contributed by atoms with Crippen molar-refractivity contribution in [2.45, 2.75) is 6.42 Å². The highest BCUT2D eigenvalue weighted by atomic mass is 35.5. The van der Waals surface area contributed by atoms with Gasteiger partial charge in [0.1, 0.15) is 6.33 Å². The number of hydrazine groups is 1. The van der Waals surface area contributed by atoms with Crippen LogP contribution in [0.3, 0.4) is 0 Å². The molecule has 2 aliphatic rings. The number of nitrogens with two attached hydrogens (primary N) is 1. The predicted octanol–water partition coefficient (Wildman–Crippen LogP) is 2.38. The third-order valence-corrected chi connectivity index (χ3v) is 3.58. The number of allylic oxidation sites excluding steroid dienone is 6. The van der Waals surface area contributed by atoms with Gasteiger partial charge in [0.25, 0.3) is 0 Å². The van der Waals surface area contributed by atoms with E-state index in [9.17, 15) is 4.79 Å². The van der Waals surface area contributed by atoms with Gasteiger partial charge >= 0.3 is 5.69 Å². The van der Waals surface area contributed by atoms with Gasteiger partial charge in [-0.2, -0.15) is 4.98 Å². The van der Waals surface area contributed by atoms with Gasteiger partial charge in [-0.3, -0.25) is 9.99 Å². The minimum absolute atomic E-state index is 0.0725. The molecule has 0 aliphatic heterocycles. The van der Waals surface area contributed by atoms with Crippen LogP contribution in [0.15, 0.2) is 70.8 Å². The Bertz CT molecular complexity index is 862. The summed E-state index contributed by atoms with van der Waals surface area (Å²) in [4.78, 5) is 19.0. The summed E-state index contributed by atoms with van der Waals surface area (Å²) in [5.74, 6) is 5.16. The zero-order valence-corrected chi connectivity index (χ0v) is 12.9. The number of fused-ring (bicyclic) bond motifs is 2. The smallest absolute Gasteiger partial charge is 0.292 e. The van der Waals surface area contributed by atoms with E-state index >= 15 is 0 Å². The molecule has 0 spiro atoms. The summed E-state index contributed by atoms with van der Waals surface area (Å²) >= 11 is 5.82. The highest BCUT2D eigenvalue weighted by molar-refractivity contribution is 6.30. The van der Waals surface area contributed by atoms with Crippen LogP contribution in [0, 0.1) is 0 Å². The van der Waals surface area contributed by atoms with Gasteiger partial charge in [0.2, 0.25) is 5.95 Å². The highest BCUT2D eigenvalue weighted by Crippen LogP contribution is 2.27. The first-order valence-electron chi connectivity index (χ1n) is 6.92. The lowest BCUT2D eigenvalue weighted by Crippen LogP contribution is -2.24. The Morgan fingerprint density at radius 2 is 1.96 bits per heavy atom. The maximum Gasteiger partial charge on any atom is 0.356 e. The molecule has 4 rings (SSSR count). The Morgan fingerprint density at radius 1 is 1.22 bits per heavy atom. The summed E-state index contributed by atoms with van der Waals surface area (Å²) < 4.78 is 1.27. The second-order valence-electron chi connectivity index (χ2n) is 4.95. The van der Waals surface area contributed by atoms with Crippen molar-refractivity contribution in [1.29, 1.82) is 0 Å². The van der Waals surface area contributed by atoms with Crippen molar-refractivity contribution in [3.63, 3.8) is 0 Å². The van der Waals surface area contributed by atoms with Crippen molar-refractivity contribution >= 4 is 17.5 Å². The van der Waals surface area contributed by atoms with Crippen molar-refractivity contribution in [3.8, 4) is 5.69 Å². The van der Waals surface area contributed by atoms with E-state index in [1.807, 2.05) is 0 Å². The monoisotopic (exact) mass is 327 g/mol. The lowest BCUT2D eigenvalue weighted by atomic mass is 10.3. The molecule has 6 nitrogen and oxygen atoms in total. The predicted molar refractivity (Wildman–Crippen MR) is 90.4 cm³/mol. The summed E-state index contributed by atoms with van der Waals surface area (Å²) in [5, 5.41) is 0.533. The van der Waals surface area contributed by atoms with Crippen LogP contribution in [0.2, 0.25) is 5.02 Å². The molecule has 0 saturated carbocycles. The van der Waals surface area contributed by atoms with Crippen LogP contribution >= 0.6 is 11.6 Å². The van der Waals surface area contributed by atoms with Crippen LogP contribution in [-0.4, -0.2) is 14.5 Å². The van der Waals surface area contributed by atoms with Crippen LogP contribution in [-0.2, 0) is 0 Å². The minimum atomic E-state index is -0.481. The van der Waals surface area contributed by atoms with Gasteiger partial charge in [-0.25, -0.2) is 15.6 Å². The molecule has 23 heavy (non-hydrogen) atoms. The summed E-state index contributed by atoms with van der Waals surface area (Å²) in [6.07, 6.45) is 11.2. The average Bonchev–Trinajstić information content (AvgIpc) is 3.21. The van der Waals surface area contributed by atoms with Crippen LogP contribution in [0.25, 0.3) is 5.69 Å². The molecule has 0 radical (unpaired) electrons. The lowest BCUT2D eigenvalue weighted by molar-refractivity contribution is 0.859. The second-order valence-corrected chi connectivity index (χ2v) is 5.39. The fraction of sp³-hybridized carbons (Fsp3) is 0.0625. The lowest BCUT2D eigenvalue weighted by Gasteiger charge is -2.04. The second kappa shape index (κ2) is 6.60. The molecule has 3 N–H and O–H groups in total. The zero-order valence-electron chi connectivity index (χ0n) is 12.1. The van der Waals surface area contributed by atoms with E-state index in [0.717, 1.165) is 0 Å². The molecular formula is C16H14ClN5O. The number of halogens is 1. The fourth-order valence-corrected chi connectivity index (χ4v) is 2.40. The van der Waals surface area contributed by atoms with Crippen molar-refractivity contribution in [3.05, 3.63) is 81.5 Å². The van der Waals surface area contributed by atoms with E-state index in [0.29, 0.717) is 10.7 Å². The SMILES string of the molecule is C1=CC2=CC=C1C2.NNc1ncn(-c2cccc(Cl)c2)c(=O)n1. The van der Waals surface area contributed by atoms with Crippen molar-refractivity contribution in [1.82, 2.24) is 14.5 Å². The number of hydrogen-bond donors (Lipinski definition) is 2. The molecule has 2 bridgehead atoms. The largest absolute Gasteiger partial charge is 0.356 e. The Hall–Kier alpha value is -2.70. The molecule has 0 atom stereocenters. The third-order valence-electron chi connectivity index (χ3n) is 3.35. The number of anilines is 1. The van der Waals surface area contributed by atoms with Gasteiger partial charge in [-0.15, -0.1) is 0 Å². The zero-order chi connectivity index (χ0) is 16.2. The van der Waals surface area contributed by atoms with E-state index < -0.39 is 5.69 Å². The number of nitrogen functional groups attached to an aromatic ring is 1. The van der Waals surface area contributed by atoms with E-state index in [1.54, 1.807) is 24.3 Å². The summed E-state index contributed by atoms with van der Waals surface area (Å²) in [6, 6.07) is 6.82. The first-order valence-corrected chi connectivity index (χ1v) is 7.29. The van der Waals surface area contributed by atoms with Gasteiger partial charge in [-0.05, 0) is 35.8 Å². The van der Waals surface area contributed by atoms with Crippen LogP contribution in [0.4, 0.5) is 5.95 Å². The Kier molecular flexibility index (Phi) is 4.36. The first kappa shape index (κ1) is 15.2. The first-order chi connectivity index (χ1) is 11.2. The summed E-state index contributed by atoms with van der Waals surface area (Å²) in [6.45, 7) is 0. The highest BCUT2D eigenvalue weighted by Gasteiger charge is 2.07. The molecule has 2 aliphatic carbocycles. The van der Waals surface area contributed by atoms with Crippen molar-refractivity contribution in [2.24, 2.45) is 5.84 Å². The summed E-state index contributed by atoms with van der Waals surface area (Å²) in [5.41, 5.74) is 5.25. The molecule has 0 amide bonds. The molecule has 0 fully saturated rings. The normalized spacial score (nSPS) is 14.0. The molecule has 0 unspecified atom stereocenters. The van der Waals surface area contributed by atoms with Gasteiger partial charge in [0.05, 0.1) is 5.69 Å². The number of hydrogen-bond acceptors (Lipinski definition) is 5. The number of nitrogens with zero attached hydrogens (tertiary/aromatic N) is 3. The molecular weight excluding hydrogens is 314 g/mol. The third kappa shape index (κ3) is 3.56. The maximum absolute atomic E-state index is 11.6. The average molecular weight is 328 g/mol. The number of benzene rings is 1. The number of nitrogens with one attached hydrogen (secondary N) is 1. The number of rotatable bonds is 2. The Balaban J connectivity index is 0.000000183. The van der Waals surface area contributed by atoms with E-state index in [2.05, 4.69) is 39.7 Å². The fourth-order valence-electron chi connectivity index (χ4n) is 2.22. The quantitative estimate of drug-likeness (QED) is 0.653. The number of aromatic nitrogens is 3.